The van der Waals surface area contributed by atoms with Gasteiger partial charge in [0.1, 0.15) is 0 Å². The molecule has 1 heterocycles. The lowest BCUT2D eigenvalue weighted by Gasteiger charge is -2.36. The number of nitrogens with one attached hydrogen (secondary N) is 2. The van der Waals surface area contributed by atoms with Gasteiger partial charge in [-0.3, -0.25) is 9.89 Å². The average Bonchev–Trinajstić information content (AvgIpc) is 2.73. The van der Waals surface area contributed by atoms with Gasteiger partial charge >= 0.3 is 0 Å². The molecule has 0 aromatic heterocycles. The second-order valence-electron chi connectivity index (χ2n) is 7.77. The Balaban J connectivity index is 0.00000420. The first-order valence-electron chi connectivity index (χ1n) is 10.7. The van der Waals surface area contributed by atoms with Crippen molar-refractivity contribution in [1.82, 2.24) is 15.5 Å². The van der Waals surface area contributed by atoms with Crippen molar-refractivity contribution in [3.05, 3.63) is 30.3 Å². The van der Waals surface area contributed by atoms with Crippen LogP contribution in [0.1, 0.15) is 26.7 Å². The number of aliphatic imine (C=N–C) groups is 1. The molecule has 6 nitrogen and oxygen atoms in total. The molecule has 0 radical (unpaired) electrons. The van der Waals surface area contributed by atoms with E-state index in [1.807, 2.05) is 7.05 Å². The number of nitrogens with zero attached hydrogens (tertiary/aromatic N) is 3. The highest BCUT2D eigenvalue weighted by Gasteiger charge is 2.16. The number of benzene rings is 1. The molecule has 1 fully saturated rings. The fraction of sp³-hybridized carbons (Fsp3) is 0.682. The maximum atomic E-state index is 5.60. The fourth-order valence-corrected chi connectivity index (χ4v) is 3.30. The Kier molecular flexibility index (Phi) is 14.1. The summed E-state index contributed by atoms with van der Waals surface area (Å²) in [6, 6.07) is 10.7. The van der Waals surface area contributed by atoms with Crippen molar-refractivity contribution in [2.24, 2.45) is 10.9 Å². The van der Waals surface area contributed by atoms with Gasteiger partial charge in [0.2, 0.25) is 0 Å². The molecule has 7 heteroatoms. The lowest BCUT2D eigenvalue weighted by molar-refractivity contribution is 0.108. The first-order chi connectivity index (χ1) is 13.7. The molecular formula is C22H40IN5O. The van der Waals surface area contributed by atoms with Gasteiger partial charge < -0.3 is 20.3 Å². The smallest absolute Gasteiger partial charge is 0.190 e. The number of anilines is 1. The van der Waals surface area contributed by atoms with Gasteiger partial charge in [-0.1, -0.05) is 32.0 Å². The molecule has 0 spiro atoms. The van der Waals surface area contributed by atoms with Crippen LogP contribution in [0, 0.1) is 5.92 Å². The molecule has 2 rings (SSSR count). The minimum Gasteiger partial charge on any atom is -0.381 e. The maximum absolute atomic E-state index is 5.60. The van der Waals surface area contributed by atoms with Crippen molar-refractivity contribution in [2.45, 2.75) is 26.7 Å². The maximum Gasteiger partial charge on any atom is 0.190 e. The van der Waals surface area contributed by atoms with Crippen LogP contribution in [0.5, 0.6) is 0 Å². The third-order valence-corrected chi connectivity index (χ3v) is 4.87. The van der Waals surface area contributed by atoms with Crippen LogP contribution in [0.25, 0.3) is 0 Å². The molecule has 1 aliphatic heterocycles. The number of hydrogen-bond acceptors (Lipinski definition) is 4. The van der Waals surface area contributed by atoms with Crippen LogP contribution < -0.4 is 15.5 Å². The van der Waals surface area contributed by atoms with E-state index in [1.54, 1.807) is 0 Å². The molecule has 1 aliphatic rings. The van der Waals surface area contributed by atoms with Crippen LogP contribution in [-0.4, -0.2) is 76.9 Å². The molecule has 29 heavy (non-hydrogen) atoms. The quantitative estimate of drug-likeness (QED) is 0.205. The van der Waals surface area contributed by atoms with Gasteiger partial charge in [0.25, 0.3) is 0 Å². The predicted molar refractivity (Wildman–Crippen MR) is 135 cm³/mol. The van der Waals surface area contributed by atoms with Gasteiger partial charge in [-0.05, 0) is 37.4 Å². The summed E-state index contributed by atoms with van der Waals surface area (Å²) in [7, 11) is 1.83. The van der Waals surface area contributed by atoms with E-state index in [0.717, 1.165) is 77.8 Å². The Hall–Kier alpha value is -1.06. The molecule has 0 aliphatic carbocycles. The molecule has 1 aromatic carbocycles. The zero-order chi connectivity index (χ0) is 20.0. The summed E-state index contributed by atoms with van der Waals surface area (Å²) in [5.74, 6) is 1.49. The van der Waals surface area contributed by atoms with E-state index in [4.69, 9.17) is 4.74 Å². The standard InChI is InChI=1S/C22H39N5O.HI/c1-20(2)19-28-18-8-12-25-22(23-3)24-11-7-13-26-14-16-27(17-15-26)21-9-5-4-6-10-21;/h4-6,9-10,20H,7-8,11-19H2,1-3H3,(H2,23,24,25);1H. The fourth-order valence-electron chi connectivity index (χ4n) is 3.30. The summed E-state index contributed by atoms with van der Waals surface area (Å²) in [6.07, 6.45) is 2.13. The van der Waals surface area contributed by atoms with Crippen LogP contribution in [0.4, 0.5) is 5.69 Å². The number of piperazine rings is 1. The Morgan fingerprint density at radius 2 is 1.69 bits per heavy atom. The van der Waals surface area contributed by atoms with Crippen molar-refractivity contribution < 1.29 is 4.74 Å². The molecule has 0 saturated carbocycles. The Morgan fingerprint density at radius 3 is 2.31 bits per heavy atom. The topological polar surface area (TPSA) is 52.1 Å². The highest BCUT2D eigenvalue weighted by atomic mass is 127. The van der Waals surface area contributed by atoms with Gasteiger partial charge in [-0.25, -0.2) is 0 Å². The van der Waals surface area contributed by atoms with Crippen molar-refractivity contribution in [3.8, 4) is 0 Å². The van der Waals surface area contributed by atoms with Gasteiger partial charge in [0, 0.05) is 65.2 Å². The van der Waals surface area contributed by atoms with Crippen LogP contribution in [0.15, 0.2) is 35.3 Å². The highest BCUT2D eigenvalue weighted by molar-refractivity contribution is 14.0. The van der Waals surface area contributed by atoms with E-state index in [1.165, 1.54) is 5.69 Å². The Labute approximate surface area is 194 Å². The molecule has 1 aromatic rings. The number of halogens is 1. The molecule has 2 N–H and O–H groups in total. The lowest BCUT2D eigenvalue weighted by atomic mass is 10.2. The molecule has 0 unspecified atom stereocenters. The van der Waals surface area contributed by atoms with E-state index >= 15 is 0 Å². The lowest BCUT2D eigenvalue weighted by Crippen LogP contribution is -2.47. The van der Waals surface area contributed by atoms with E-state index in [-0.39, 0.29) is 24.0 Å². The number of hydrogen-bond donors (Lipinski definition) is 2. The number of para-hydroxylation sites is 1. The van der Waals surface area contributed by atoms with E-state index < -0.39 is 0 Å². The third-order valence-electron chi connectivity index (χ3n) is 4.87. The van der Waals surface area contributed by atoms with Crippen LogP contribution in [0.3, 0.4) is 0 Å². The van der Waals surface area contributed by atoms with Gasteiger partial charge in [-0.15, -0.1) is 24.0 Å². The summed E-state index contributed by atoms with van der Waals surface area (Å²) in [6.45, 7) is 13.5. The minimum absolute atomic E-state index is 0. The number of rotatable bonds is 11. The van der Waals surface area contributed by atoms with Crippen molar-refractivity contribution in [3.63, 3.8) is 0 Å². The summed E-state index contributed by atoms with van der Waals surface area (Å²) >= 11 is 0. The predicted octanol–water partition coefficient (Wildman–Crippen LogP) is 3.04. The molecule has 1 saturated heterocycles. The largest absolute Gasteiger partial charge is 0.381 e. The van der Waals surface area contributed by atoms with Crippen molar-refractivity contribution >= 4 is 35.6 Å². The minimum atomic E-state index is 0. The van der Waals surface area contributed by atoms with Gasteiger partial charge in [-0.2, -0.15) is 0 Å². The second kappa shape index (κ2) is 15.7. The van der Waals surface area contributed by atoms with Crippen LogP contribution in [0.2, 0.25) is 0 Å². The Bertz CT molecular complexity index is 547. The van der Waals surface area contributed by atoms with Crippen LogP contribution >= 0.6 is 24.0 Å². The summed E-state index contributed by atoms with van der Waals surface area (Å²) in [4.78, 5) is 9.33. The normalized spacial score (nSPS) is 15.3. The zero-order valence-corrected chi connectivity index (χ0v) is 20.7. The monoisotopic (exact) mass is 517 g/mol. The molecular weight excluding hydrogens is 477 g/mol. The van der Waals surface area contributed by atoms with E-state index in [0.29, 0.717) is 5.92 Å². The average molecular weight is 518 g/mol. The second-order valence-corrected chi connectivity index (χ2v) is 7.77. The highest BCUT2D eigenvalue weighted by Crippen LogP contribution is 2.15. The number of ether oxygens (including phenoxy) is 1. The first kappa shape index (κ1) is 26.0. The van der Waals surface area contributed by atoms with E-state index in [9.17, 15) is 0 Å². The molecule has 0 amide bonds. The Morgan fingerprint density at radius 1 is 1.03 bits per heavy atom. The first-order valence-corrected chi connectivity index (χ1v) is 10.7. The molecule has 166 valence electrons. The van der Waals surface area contributed by atoms with Crippen molar-refractivity contribution in [2.75, 3.05) is 71.0 Å². The SMILES string of the molecule is CN=C(NCCCOCC(C)C)NCCCN1CCN(c2ccccc2)CC1.I. The van der Waals surface area contributed by atoms with Gasteiger partial charge in [0.05, 0.1) is 0 Å². The van der Waals surface area contributed by atoms with Crippen molar-refractivity contribution in [1.29, 1.82) is 0 Å². The summed E-state index contributed by atoms with van der Waals surface area (Å²) in [5.41, 5.74) is 1.34. The third kappa shape index (κ3) is 11.1. The summed E-state index contributed by atoms with van der Waals surface area (Å²) in [5, 5.41) is 6.77. The zero-order valence-electron chi connectivity index (χ0n) is 18.4. The molecule has 0 atom stereocenters. The molecule has 0 bridgehead atoms. The summed E-state index contributed by atoms with van der Waals surface area (Å²) < 4.78 is 5.60. The van der Waals surface area contributed by atoms with Gasteiger partial charge in [0.15, 0.2) is 5.96 Å². The van der Waals surface area contributed by atoms with Crippen LogP contribution in [-0.2, 0) is 4.74 Å². The number of guanidine groups is 1. The van der Waals surface area contributed by atoms with E-state index in [2.05, 4.69) is 69.6 Å².